The highest BCUT2D eigenvalue weighted by molar-refractivity contribution is 6.05. The van der Waals surface area contributed by atoms with Gasteiger partial charge in [0.1, 0.15) is 6.04 Å². The fraction of sp³-hybridized carbons (Fsp3) is 0.485. The number of rotatable bonds is 4. The van der Waals surface area contributed by atoms with Gasteiger partial charge in [0.15, 0.2) is 5.69 Å². The SMILES string of the molecule is Cc1ccc(-n2nc(C(=O)N3CC4CCC(C3)N4C)cc2-c2ccc3c(c2)N(C2CCCC2)[C@H](C)C(=O)N3C)cc1. The lowest BCUT2D eigenvalue weighted by atomic mass is 10.00. The lowest BCUT2D eigenvalue weighted by molar-refractivity contribution is -0.119. The van der Waals surface area contributed by atoms with Gasteiger partial charge in [-0.2, -0.15) is 5.10 Å². The standard InChI is InChI=1S/C33H40N6O2/c1-21-9-12-25(13-10-21)39-30(18-28(34-39)33(41)37-19-26-14-15-27(20-37)35(26)3)23-11-16-29-31(17-23)38(24-7-5-6-8-24)22(2)32(40)36(29)4/h9-13,16-18,22,24,26-27H,5-8,14-15,19-20H2,1-4H3/t22-,26?,27?/m1/s1. The maximum atomic E-state index is 13.9. The van der Waals surface area contributed by atoms with Crippen molar-refractivity contribution in [3.63, 3.8) is 0 Å². The number of amides is 2. The molecule has 4 heterocycles. The third kappa shape index (κ3) is 4.35. The van der Waals surface area contributed by atoms with Gasteiger partial charge in [-0.05, 0) is 76.9 Å². The Morgan fingerprint density at radius 1 is 0.854 bits per heavy atom. The lowest BCUT2D eigenvalue weighted by Gasteiger charge is -2.43. The number of nitrogens with zero attached hydrogens (tertiary/aromatic N) is 6. The molecule has 2 bridgehead atoms. The first-order valence-corrected chi connectivity index (χ1v) is 15.2. The van der Waals surface area contributed by atoms with Crippen molar-refractivity contribution in [3.05, 3.63) is 59.8 Å². The van der Waals surface area contributed by atoms with Crippen molar-refractivity contribution in [2.75, 3.05) is 37.0 Å². The molecule has 1 aliphatic carbocycles. The molecule has 3 fully saturated rings. The molecule has 3 aromatic rings. The number of carbonyl (C=O) groups excluding carboxylic acids is 2. The van der Waals surface area contributed by atoms with E-state index in [2.05, 4.69) is 66.2 Å². The van der Waals surface area contributed by atoms with Crippen LogP contribution in [0.1, 0.15) is 61.5 Å². The van der Waals surface area contributed by atoms with Crippen LogP contribution >= 0.6 is 0 Å². The van der Waals surface area contributed by atoms with Crippen molar-refractivity contribution in [2.45, 2.75) is 76.5 Å². The van der Waals surface area contributed by atoms with Gasteiger partial charge >= 0.3 is 0 Å². The number of aromatic nitrogens is 2. The summed E-state index contributed by atoms with van der Waals surface area (Å²) >= 11 is 0. The molecule has 0 radical (unpaired) electrons. The summed E-state index contributed by atoms with van der Waals surface area (Å²) in [5.41, 5.74) is 6.49. The third-order valence-electron chi connectivity index (χ3n) is 10.1. The second-order valence-corrected chi connectivity index (χ2v) is 12.5. The zero-order valence-corrected chi connectivity index (χ0v) is 24.6. The van der Waals surface area contributed by atoms with Gasteiger partial charge < -0.3 is 14.7 Å². The number of aryl methyl sites for hydroxylation is 1. The average molecular weight is 553 g/mol. The van der Waals surface area contributed by atoms with Crippen molar-refractivity contribution in [3.8, 4) is 16.9 Å². The predicted molar refractivity (Wildman–Crippen MR) is 162 cm³/mol. The quantitative estimate of drug-likeness (QED) is 0.462. The number of piperazine rings is 1. The van der Waals surface area contributed by atoms with E-state index < -0.39 is 0 Å². The Kier molecular flexibility index (Phi) is 6.41. The van der Waals surface area contributed by atoms with Gasteiger partial charge in [0.25, 0.3) is 5.91 Å². The monoisotopic (exact) mass is 552 g/mol. The average Bonchev–Trinajstić information content (AvgIpc) is 3.70. The first-order chi connectivity index (χ1) is 19.8. The minimum atomic E-state index is -0.211. The molecule has 2 saturated heterocycles. The van der Waals surface area contributed by atoms with Gasteiger partial charge in [-0.15, -0.1) is 0 Å². The van der Waals surface area contributed by atoms with E-state index in [4.69, 9.17) is 5.10 Å². The van der Waals surface area contributed by atoms with Crippen LogP contribution in [0.15, 0.2) is 48.5 Å². The van der Waals surface area contributed by atoms with Gasteiger partial charge in [0.05, 0.1) is 22.8 Å². The summed E-state index contributed by atoms with van der Waals surface area (Å²) in [5.74, 6) is 0.141. The van der Waals surface area contributed by atoms with Crippen molar-refractivity contribution in [1.29, 1.82) is 0 Å². The smallest absolute Gasteiger partial charge is 0.274 e. The minimum Gasteiger partial charge on any atom is -0.355 e. The van der Waals surface area contributed by atoms with Crippen LogP contribution in [-0.2, 0) is 4.79 Å². The van der Waals surface area contributed by atoms with Gasteiger partial charge in [-0.25, -0.2) is 4.68 Å². The van der Waals surface area contributed by atoms with E-state index >= 15 is 0 Å². The number of hydrogen-bond donors (Lipinski definition) is 0. The molecule has 8 heteroatoms. The summed E-state index contributed by atoms with van der Waals surface area (Å²) in [6.45, 7) is 5.62. The van der Waals surface area contributed by atoms with Gasteiger partial charge in [-0.3, -0.25) is 14.5 Å². The lowest BCUT2D eigenvalue weighted by Crippen LogP contribution is -2.54. The first-order valence-electron chi connectivity index (χ1n) is 15.2. The van der Waals surface area contributed by atoms with Crippen molar-refractivity contribution in [1.82, 2.24) is 19.6 Å². The van der Waals surface area contributed by atoms with Crippen LogP contribution < -0.4 is 9.80 Å². The molecule has 2 unspecified atom stereocenters. The number of likely N-dealkylation sites (tertiary alicyclic amines) is 1. The van der Waals surface area contributed by atoms with Crippen molar-refractivity contribution in [2.24, 2.45) is 0 Å². The highest BCUT2D eigenvalue weighted by atomic mass is 16.2. The molecular formula is C33H40N6O2. The Hall–Kier alpha value is -3.65. The molecule has 3 aliphatic heterocycles. The van der Waals surface area contributed by atoms with E-state index in [0.717, 1.165) is 67.1 Å². The normalized spacial score (nSPS) is 24.8. The third-order valence-corrected chi connectivity index (χ3v) is 10.1. The Morgan fingerprint density at radius 3 is 2.22 bits per heavy atom. The van der Waals surface area contributed by atoms with E-state index in [0.29, 0.717) is 23.8 Å². The zero-order chi connectivity index (χ0) is 28.4. The summed E-state index contributed by atoms with van der Waals surface area (Å²) in [7, 11) is 4.06. The topological polar surface area (TPSA) is 64.9 Å². The molecule has 7 rings (SSSR count). The number of anilines is 2. The molecule has 2 aromatic carbocycles. The zero-order valence-electron chi connectivity index (χ0n) is 24.6. The van der Waals surface area contributed by atoms with Crippen molar-refractivity contribution >= 4 is 23.2 Å². The Morgan fingerprint density at radius 2 is 1.54 bits per heavy atom. The van der Waals surface area contributed by atoms with Crippen LogP contribution in [0.3, 0.4) is 0 Å². The largest absolute Gasteiger partial charge is 0.355 e. The fourth-order valence-corrected chi connectivity index (χ4v) is 7.61. The highest BCUT2D eigenvalue weighted by Crippen LogP contribution is 2.42. The molecule has 0 N–H and O–H groups in total. The van der Waals surface area contributed by atoms with E-state index in [-0.39, 0.29) is 17.9 Å². The summed E-state index contributed by atoms with van der Waals surface area (Å²) in [4.78, 5) is 35.7. The van der Waals surface area contributed by atoms with E-state index in [1.165, 1.54) is 18.4 Å². The molecule has 0 spiro atoms. The molecule has 4 aliphatic rings. The second kappa shape index (κ2) is 10.0. The van der Waals surface area contributed by atoms with Crippen molar-refractivity contribution < 1.29 is 9.59 Å². The molecule has 1 saturated carbocycles. The van der Waals surface area contributed by atoms with E-state index in [1.54, 1.807) is 4.90 Å². The van der Waals surface area contributed by atoms with Gasteiger partial charge in [-0.1, -0.05) is 36.6 Å². The summed E-state index contributed by atoms with van der Waals surface area (Å²) < 4.78 is 1.92. The Labute approximate surface area is 242 Å². The van der Waals surface area contributed by atoms with Gasteiger partial charge in [0.2, 0.25) is 5.91 Å². The van der Waals surface area contributed by atoms with Crippen LogP contribution in [0.25, 0.3) is 16.9 Å². The molecule has 1 aromatic heterocycles. The number of fused-ring (bicyclic) bond motifs is 3. The molecule has 3 atom stereocenters. The van der Waals surface area contributed by atoms with Gasteiger partial charge in [0, 0.05) is 43.8 Å². The molecule has 41 heavy (non-hydrogen) atoms. The Bertz CT molecular complexity index is 1480. The molecule has 8 nitrogen and oxygen atoms in total. The van der Waals surface area contributed by atoms with Crippen LogP contribution in [0, 0.1) is 6.92 Å². The fourth-order valence-electron chi connectivity index (χ4n) is 7.61. The molecule has 2 amide bonds. The van der Waals surface area contributed by atoms with E-state index in [1.807, 2.05) is 29.6 Å². The number of likely N-dealkylation sites (N-methyl/N-ethyl adjacent to an activating group) is 2. The first kappa shape index (κ1) is 26.3. The minimum absolute atomic E-state index is 0.00612. The maximum Gasteiger partial charge on any atom is 0.274 e. The predicted octanol–water partition coefficient (Wildman–Crippen LogP) is 4.88. The second-order valence-electron chi connectivity index (χ2n) is 12.5. The molecule has 214 valence electrons. The van der Waals surface area contributed by atoms with Crippen LogP contribution in [0.2, 0.25) is 0 Å². The number of hydrogen-bond acceptors (Lipinski definition) is 5. The van der Waals surface area contributed by atoms with E-state index in [9.17, 15) is 9.59 Å². The summed E-state index contributed by atoms with van der Waals surface area (Å²) in [6, 6.07) is 17.6. The highest BCUT2D eigenvalue weighted by Gasteiger charge is 2.41. The Balaban J connectivity index is 1.31. The van der Waals surface area contributed by atoms with Crippen LogP contribution in [0.4, 0.5) is 11.4 Å². The maximum absolute atomic E-state index is 13.9. The summed E-state index contributed by atoms with van der Waals surface area (Å²) in [6.07, 6.45) is 6.92. The van der Waals surface area contributed by atoms with Crippen LogP contribution in [-0.4, -0.2) is 82.7 Å². The summed E-state index contributed by atoms with van der Waals surface area (Å²) in [5, 5.41) is 4.94. The number of carbonyl (C=O) groups is 2. The van der Waals surface area contributed by atoms with Crippen LogP contribution in [0.5, 0.6) is 0 Å². The molecular weight excluding hydrogens is 512 g/mol. The number of benzene rings is 2.